The van der Waals surface area contributed by atoms with Crippen LogP contribution >= 0.6 is 0 Å². The summed E-state index contributed by atoms with van der Waals surface area (Å²) in [7, 11) is 0. The SMILES string of the molecule is CC(C)CCNC(=O)c1cc(N2CCN(C=O)CC2)nc(-c2ccccc2)n1. The average molecular weight is 381 g/mol. The third-order valence-corrected chi connectivity index (χ3v) is 4.77. The molecule has 3 rings (SSSR count). The summed E-state index contributed by atoms with van der Waals surface area (Å²) in [5.41, 5.74) is 1.23. The molecule has 0 spiro atoms. The van der Waals surface area contributed by atoms with Crippen molar-refractivity contribution in [2.75, 3.05) is 37.6 Å². The second kappa shape index (κ2) is 9.30. The van der Waals surface area contributed by atoms with Crippen molar-refractivity contribution < 1.29 is 9.59 Å². The minimum Gasteiger partial charge on any atom is -0.353 e. The molecule has 2 aromatic rings. The number of amides is 2. The van der Waals surface area contributed by atoms with Crippen LogP contribution in [0.5, 0.6) is 0 Å². The van der Waals surface area contributed by atoms with Crippen molar-refractivity contribution in [1.29, 1.82) is 0 Å². The Morgan fingerprint density at radius 2 is 1.86 bits per heavy atom. The molecule has 2 amide bonds. The van der Waals surface area contributed by atoms with Gasteiger partial charge in [-0.3, -0.25) is 9.59 Å². The fraction of sp³-hybridized carbons (Fsp3) is 0.429. The first-order chi connectivity index (χ1) is 13.6. The molecule has 0 radical (unpaired) electrons. The van der Waals surface area contributed by atoms with E-state index in [1.807, 2.05) is 30.3 Å². The summed E-state index contributed by atoms with van der Waals surface area (Å²) in [5.74, 6) is 1.58. The number of benzene rings is 1. The first-order valence-electron chi connectivity index (χ1n) is 9.74. The number of nitrogens with zero attached hydrogens (tertiary/aromatic N) is 4. The van der Waals surface area contributed by atoms with E-state index in [1.165, 1.54) is 0 Å². The smallest absolute Gasteiger partial charge is 0.270 e. The molecule has 1 aliphatic rings. The van der Waals surface area contributed by atoms with Crippen LogP contribution in [0.25, 0.3) is 11.4 Å². The molecular formula is C21H27N5O2. The van der Waals surface area contributed by atoms with E-state index in [2.05, 4.69) is 29.0 Å². The number of piperazine rings is 1. The van der Waals surface area contributed by atoms with E-state index >= 15 is 0 Å². The number of nitrogens with one attached hydrogen (secondary N) is 1. The third kappa shape index (κ3) is 5.06. The molecule has 0 atom stereocenters. The molecule has 1 saturated heterocycles. The molecule has 7 nitrogen and oxygen atoms in total. The van der Waals surface area contributed by atoms with Crippen LogP contribution in [-0.4, -0.2) is 59.9 Å². The van der Waals surface area contributed by atoms with Gasteiger partial charge in [0, 0.05) is 44.4 Å². The molecule has 0 saturated carbocycles. The lowest BCUT2D eigenvalue weighted by molar-refractivity contribution is -0.118. The van der Waals surface area contributed by atoms with Gasteiger partial charge in [0.15, 0.2) is 5.82 Å². The maximum absolute atomic E-state index is 12.7. The Bertz CT molecular complexity index is 802. The Labute approximate surface area is 165 Å². The average Bonchev–Trinajstić information content (AvgIpc) is 2.73. The van der Waals surface area contributed by atoms with Crippen molar-refractivity contribution >= 4 is 18.1 Å². The molecule has 1 fully saturated rings. The van der Waals surface area contributed by atoms with E-state index in [0.717, 1.165) is 18.4 Å². The maximum atomic E-state index is 12.7. The van der Waals surface area contributed by atoms with Crippen molar-refractivity contribution in [3.8, 4) is 11.4 Å². The molecule has 1 aliphatic heterocycles. The molecule has 1 aromatic heterocycles. The van der Waals surface area contributed by atoms with Crippen LogP contribution in [0.2, 0.25) is 0 Å². The molecule has 7 heteroatoms. The summed E-state index contributed by atoms with van der Waals surface area (Å²) in [6.45, 7) is 7.52. The van der Waals surface area contributed by atoms with Crippen LogP contribution in [-0.2, 0) is 4.79 Å². The summed E-state index contributed by atoms with van der Waals surface area (Å²) in [6.07, 6.45) is 1.79. The fourth-order valence-electron chi connectivity index (χ4n) is 3.05. The standard InChI is InChI=1S/C21H27N5O2/c1-16(2)8-9-22-21(28)18-14-19(26-12-10-25(15-27)11-13-26)24-20(23-18)17-6-4-3-5-7-17/h3-7,14-16H,8-13H2,1-2H3,(H,22,28). The van der Waals surface area contributed by atoms with Gasteiger partial charge < -0.3 is 15.1 Å². The molecule has 28 heavy (non-hydrogen) atoms. The zero-order chi connectivity index (χ0) is 19.9. The number of hydrogen-bond acceptors (Lipinski definition) is 5. The van der Waals surface area contributed by atoms with E-state index in [4.69, 9.17) is 4.98 Å². The van der Waals surface area contributed by atoms with Gasteiger partial charge in [-0.15, -0.1) is 0 Å². The van der Waals surface area contributed by atoms with Crippen molar-refractivity contribution in [3.63, 3.8) is 0 Å². The van der Waals surface area contributed by atoms with Gasteiger partial charge in [-0.2, -0.15) is 0 Å². The molecule has 0 aliphatic carbocycles. The van der Waals surface area contributed by atoms with Crippen LogP contribution in [0.1, 0.15) is 30.8 Å². The Hall–Kier alpha value is -2.96. The van der Waals surface area contributed by atoms with Crippen molar-refractivity contribution in [3.05, 3.63) is 42.1 Å². The minimum absolute atomic E-state index is 0.187. The van der Waals surface area contributed by atoms with E-state index in [9.17, 15) is 9.59 Å². The summed E-state index contributed by atoms with van der Waals surface area (Å²) in [6, 6.07) is 11.4. The van der Waals surface area contributed by atoms with Crippen LogP contribution in [0.3, 0.4) is 0 Å². The maximum Gasteiger partial charge on any atom is 0.270 e. The van der Waals surface area contributed by atoms with Crippen LogP contribution in [0.4, 0.5) is 5.82 Å². The summed E-state index contributed by atoms with van der Waals surface area (Å²) < 4.78 is 0. The number of aromatic nitrogens is 2. The fourth-order valence-corrected chi connectivity index (χ4v) is 3.05. The third-order valence-electron chi connectivity index (χ3n) is 4.77. The van der Waals surface area contributed by atoms with Crippen molar-refractivity contribution in [2.24, 2.45) is 5.92 Å². The largest absolute Gasteiger partial charge is 0.353 e. The van der Waals surface area contributed by atoms with Gasteiger partial charge >= 0.3 is 0 Å². The van der Waals surface area contributed by atoms with Crippen molar-refractivity contribution in [1.82, 2.24) is 20.2 Å². The van der Waals surface area contributed by atoms with Crippen LogP contribution < -0.4 is 10.2 Å². The predicted molar refractivity (Wildman–Crippen MR) is 109 cm³/mol. The minimum atomic E-state index is -0.187. The lowest BCUT2D eigenvalue weighted by atomic mass is 10.1. The molecule has 148 valence electrons. The first-order valence-corrected chi connectivity index (χ1v) is 9.74. The van der Waals surface area contributed by atoms with E-state index in [1.54, 1.807) is 11.0 Å². The van der Waals surface area contributed by atoms with E-state index in [0.29, 0.717) is 56.0 Å². The summed E-state index contributed by atoms with van der Waals surface area (Å²) in [5, 5.41) is 2.95. The Morgan fingerprint density at radius 3 is 2.50 bits per heavy atom. The molecule has 2 heterocycles. The number of carbonyl (C=O) groups excluding carboxylic acids is 2. The Morgan fingerprint density at radius 1 is 1.14 bits per heavy atom. The van der Waals surface area contributed by atoms with E-state index in [-0.39, 0.29) is 5.91 Å². The zero-order valence-corrected chi connectivity index (χ0v) is 16.5. The van der Waals surface area contributed by atoms with Gasteiger partial charge in [-0.05, 0) is 12.3 Å². The van der Waals surface area contributed by atoms with Gasteiger partial charge in [-0.25, -0.2) is 9.97 Å². The second-order valence-electron chi connectivity index (χ2n) is 7.37. The molecule has 1 N–H and O–H groups in total. The lowest BCUT2D eigenvalue weighted by Gasteiger charge is -2.33. The predicted octanol–water partition coefficient (Wildman–Crippen LogP) is 2.20. The van der Waals surface area contributed by atoms with Crippen LogP contribution in [0.15, 0.2) is 36.4 Å². The number of anilines is 1. The summed E-state index contributed by atoms with van der Waals surface area (Å²) >= 11 is 0. The number of carbonyl (C=O) groups is 2. The van der Waals surface area contributed by atoms with Crippen molar-refractivity contribution in [2.45, 2.75) is 20.3 Å². The highest BCUT2D eigenvalue weighted by Crippen LogP contribution is 2.21. The highest BCUT2D eigenvalue weighted by atomic mass is 16.2. The molecule has 0 unspecified atom stereocenters. The highest BCUT2D eigenvalue weighted by molar-refractivity contribution is 5.93. The van der Waals surface area contributed by atoms with Gasteiger partial charge in [0.25, 0.3) is 5.91 Å². The van der Waals surface area contributed by atoms with Gasteiger partial charge in [-0.1, -0.05) is 44.2 Å². The quantitative estimate of drug-likeness (QED) is 0.744. The first kappa shape index (κ1) is 19.8. The number of rotatable bonds is 7. The number of hydrogen-bond donors (Lipinski definition) is 1. The van der Waals surface area contributed by atoms with Gasteiger partial charge in [0.1, 0.15) is 11.5 Å². The Balaban J connectivity index is 1.86. The highest BCUT2D eigenvalue weighted by Gasteiger charge is 2.20. The second-order valence-corrected chi connectivity index (χ2v) is 7.37. The Kier molecular flexibility index (Phi) is 6.57. The molecule has 1 aromatic carbocycles. The van der Waals surface area contributed by atoms with E-state index < -0.39 is 0 Å². The molecule has 0 bridgehead atoms. The summed E-state index contributed by atoms with van der Waals surface area (Å²) in [4.78, 5) is 36.7. The van der Waals surface area contributed by atoms with Crippen LogP contribution in [0, 0.1) is 5.92 Å². The zero-order valence-electron chi connectivity index (χ0n) is 16.5. The normalized spacial score (nSPS) is 14.2. The lowest BCUT2D eigenvalue weighted by Crippen LogP contribution is -2.46. The van der Waals surface area contributed by atoms with Gasteiger partial charge in [0.05, 0.1) is 0 Å². The topological polar surface area (TPSA) is 78.4 Å². The monoisotopic (exact) mass is 381 g/mol. The van der Waals surface area contributed by atoms with Gasteiger partial charge in [0.2, 0.25) is 6.41 Å². The molecular weight excluding hydrogens is 354 g/mol.